The summed E-state index contributed by atoms with van der Waals surface area (Å²) in [7, 11) is 0. The van der Waals surface area contributed by atoms with E-state index in [0.29, 0.717) is 0 Å². The molecule has 1 saturated heterocycles. The van der Waals surface area contributed by atoms with Crippen LogP contribution in [0.25, 0.3) is 0 Å². The molecule has 2 heterocycles. The van der Waals surface area contributed by atoms with Crippen molar-refractivity contribution in [3.8, 4) is 0 Å². The Kier molecular flexibility index (Phi) is 4.18. The highest BCUT2D eigenvalue weighted by Crippen LogP contribution is 2.42. The molecule has 1 aliphatic heterocycles. The Balaban J connectivity index is 2.07. The van der Waals surface area contributed by atoms with Gasteiger partial charge in [-0.1, -0.05) is 19.9 Å². The minimum Gasteiger partial charge on any atom is -0.394 e. The predicted molar refractivity (Wildman–Crippen MR) is 76.7 cm³/mol. The minimum absolute atomic E-state index is 0.139. The van der Waals surface area contributed by atoms with E-state index in [9.17, 15) is 5.11 Å². The Bertz CT molecular complexity index is 350. The molecule has 0 amide bonds. The van der Waals surface area contributed by atoms with Gasteiger partial charge in [0.25, 0.3) is 0 Å². The molecule has 17 heavy (non-hydrogen) atoms. The van der Waals surface area contributed by atoms with Gasteiger partial charge in [-0.05, 0) is 29.0 Å². The average Bonchev–Trinajstić information content (AvgIpc) is 2.81. The summed E-state index contributed by atoms with van der Waals surface area (Å²) in [5.41, 5.74) is 0.0180. The summed E-state index contributed by atoms with van der Waals surface area (Å²) in [6.45, 7) is 5.62. The summed E-state index contributed by atoms with van der Waals surface area (Å²) in [6.07, 6.45) is 1.16. The Hall–Kier alpha value is -0.0300. The van der Waals surface area contributed by atoms with Gasteiger partial charge in [0.2, 0.25) is 0 Å². The van der Waals surface area contributed by atoms with Crippen molar-refractivity contribution < 1.29 is 5.11 Å². The molecule has 2 nitrogen and oxygen atoms in total. The van der Waals surface area contributed by atoms with Crippen molar-refractivity contribution in [3.63, 3.8) is 0 Å². The molecule has 2 rings (SSSR count). The first-order chi connectivity index (χ1) is 8.10. The number of hydrogen-bond acceptors (Lipinski definition) is 4. The normalized spacial score (nSPS) is 28.2. The molecule has 1 aromatic rings. The van der Waals surface area contributed by atoms with Crippen molar-refractivity contribution >= 4 is 23.1 Å². The fraction of sp³-hybridized carbons (Fsp3) is 0.692. The lowest BCUT2D eigenvalue weighted by Crippen LogP contribution is -2.62. The lowest BCUT2D eigenvalue weighted by Gasteiger charge is -2.49. The van der Waals surface area contributed by atoms with Gasteiger partial charge in [0.15, 0.2) is 0 Å². The minimum atomic E-state index is -0.139. The van der Waals surface area contributed by atoms with Crippen molar-refractivity contribution in [2.75, 3.05) is 18.1 Å². The summed E-state index contributed by atoms with van der Waals surface area (Å²) in [5.74, 6) is 2.21. The number of thiophene rings is 1. The Morgan fingerprint density at radius 2 is 2.29 bits per heavy atom. The zero-order valence-corrected chi connectivity index (χ0v) is 12.2. The molecule has 1 unspecified atom stereocenters. The van der Waals surface area contributed by atoms with E-state index in [1.807, 2.05) is 11.8 Å². The first kappa shape index (κ1) is 13.4. The van der Waals surface area contributed by atoms with E-state index >= 15 is 0 Å². The largest absolute Gasteiger partial charge is 0.394 e. The topological polar surface area (TPSA) is 32.3 Å². The van der Waals surface area contributed by atoms with Gasteiger partial charge in [-0.15, -0.1) is 11.3 Å². The summed E-state index contributed by atoms with van der Waals surface area (Å²) in [6, 6.07) is 4.22. The van der Waals surface area contributed by atoms with Crippen LogP contribution in [0, 0.1) is 5.41 Å². The second-order valence-electron chi connectivity index (χ2n) is 5.36. The van der Waals surface area contributed by atoms with Gasteiger partial charge in [0, 0.05) is 17.2 Å². The monoisotopic (exact) mass is 271 g/mol. The summed E-state index contributed by atoms with van der Waals surface area (Å²) >= 11 is 3.72. The molecule has 1 atom stereocenters. The highest BCUT2D eigenvalue weighted by atomic mass is 32.2. The number of aliphatic hydroxyl groups is 1. The van der Waals surface area contributed by atoms with Gasteiger partial charge in [0.05, 0.1) is 12.1 Å². The van der Waals surface area contributed by atoms with Crippen LogP contribution >= 0.6 is 23.1 Å². The van der Waals surface area contributed by atoms with E-state index in [1.165, 1.54) is 10.6 Å². The van der Waals surface area contributed by atoms with Crippen LogP contribution in [-0.2, 0) is 6.54 Å². The van der Waals surface area contributed by atoms with E-state index in [1.54, 1.807) is 11.3 Å². The van der Waals surface area contributed by atoms with Crippen LogP contribution in [0.15, 0.2) is 17.5 Å². The first-order valence-corrected chi connectivity index (χ1v) is 8.09. The number of aliphatic hydroxyl groups excluding tert-OH is 1. The molecule has 0 aliphatic carbocycles. The third-order valence-electron chi connectivity index (χ3n) is 3.97. The fourth-order valence-electron chi connectivity index (χ4n) is 2.28. The molecule has 0 aromatic carbocycles. The molecular weight excluding hydrogens is 250 g/mol. The van der Waals surface area contributed by atoms with Crippen LogP contribution in [0.2, 0.25) is 0 Å². The van der Waals surface area contributed by atoms with Gasteiger partial charge in [-0.3, -0.25) is 0 Å². The van der Waals surface area contributed by atoms with E-state index in [-0.39, 0.29) is 17.6 Å². The van der Waals surface area contributed by atoms with Gasteiger partial charge in [0.1, 0.15) is 0 Å². The second-order valence-corrected chi connectivity index (χ2v) is 7.50. The molecule has 4 heteroatoms. The first-order valence-electron chi connectivity index (χ1n) is 6.06. The number of thioether (sulfide) groups is 1. The van der Waals surface area contributed by atoms with E-state index < -0.39 is 0 Å². The third kappa shape index (κ3) is 2.70. The summed E-state index contributed by atoms with van der Waals surface area (Å²) < 4.78 is 0. The molecule has 0 radical (unpaired) electrons. The van der Waals surface area contributed by atoms with Gasteiger partial charge in [-0.2, -0.15) is 11.8 Å². The van der Waals surface area contributed by atoms with Crippen molar-refractivity contribution in [1.82, 2.24) is 5.32 Å². The Labute approximate surface area is 112 Å². The zero-order valence-electron chi connectivity index (χ0n) is 10.5. The van der Waals surface area contributed by atoms with Crippen LogP contribution in [0.1, 0.15) is 25.1 Å². The second kappa shape index (κ2) is 5.31. The molecular formula is C13H21NOS2. The molecule has 96 valence electrons. The number of nitrogens with one attached hydrogen (secondary N) is 1. The Morgan fingerprint density at radius 3 is 2.88 bits per heavy atom. The molecule has 1 fully saturated rings. The van der Waals surface area contributed by atoms with Crippen LogP contribution in [0.3, 0.4) is 0 Å². The van der Waals surface area contributed by atoms with Crippen LogP contribution in [0.5, 0.6) is 0 Å². The Morgan fingerprint density at radius 1 is 1.47 bits per heavy atom. The third-order valence-corrected chi connectivity index (χ3v) is 6.03. The average molecular weight is 271 g/mol. The molecule has 1 aromatic heterocycles. The van der Waals surface area contributed by atoms with Gasteiger partial charge in [-0.25, -0.2) is 0 Å². The quantitative estimate of drug-likeness (QED) is 0.883. The molecule has 0 bridgehead atoms. The van der Waals surface area contributed by atoms with Crippen LogP contribution in [-0.4, -0.2) is 28.8 Å². The zero-order chi connectivity index (χ0) is 12.4. The lowest BCUT2D eigenvalue weighted by molar-refractivity contribution is 0.0591. The van der Waals surface area contributed by atoms with Crippen molar-refractivity contribution in [2.24, 2.45) is 5.41 Å². The molecule has 0 saturated carbocycles. The van der Waals surface area contributed by atoms with E-state index in [0.717, 1.165) is 18.7 Å². The van der Waals surface area contributed by atoms with Crippen LogP contribution < -0.4 is 5.32 Å². The summed E-state index contributed by atoms with van der Waals surface area (Å²) in [5, 5.41) is 15.6. The van der Waals surface area contributed by atoms with E-state index in [2.05, 4.69) is 36.7 Å². The molecule has 2 N–H and O–H groups in total. The van der Waals surface area contributed by atoms with E-state index in [4.69, 9.17) is 0 Å². The molecule has 0 spiro atoms. The predicted octanol–water partition coefficient (Wildman–Crippen LogP) is 2.73. The lowest BCUT2D eigenvalue weighted by atomic mass is 9.71. The number of hydrogen-bond donors (Lipinski definition) is 2. The summed E-state index contributed by atoms with van der Waals surface area (Å²) in [4.78, 5) is 1.34. The smallest absolute Gasteiger partial charge is 0.0626 e. The fourth-order valence-corrected chi connectivity index (χ4v) is 4.66. The van der Waals surface area contributed by atoms with Crippen molar-refractivity contribution in [3.05, 3.63) is 22.4 Å². The number of rotatable bonds is 4. The van der Waals surface area contributed by atoms with Crippen LogP contribution in [0.4, 0.5) is 0 Å². The molecule has 1 aliphatic rings. The van der Waals surface area contributed by atoms with Crippen molar-refractivity contribution in [2.45, 2.75) is 32.4 Å². The maximum atomic E-state index is 9.83. The van der Waals surface area contributed by atoms with Gasteiger partial charge < -0.3 is 10.4 Å². The van der Waals surface area contributed by atoms with Gasteiger partial charge >= 0.3 is 0 Å². The standard InChI is InChI=1S/C13H21NOS2/c1-12(2)5-7-16-10-13(12,9-15)14-8-11-4-3-6-17-11/h3-4,6,14-15H,5,7-10H2,1-2H3. The SMILES string of the molecule is CC1(C)CCSCC1(CO)NCc1cccs1. The highest BCUT2D eigenvalue weighted by molar-refractivity contribution is 7.99. The van der Waals surface area contributed by atoms with Crippen molar-refractivity contribution in [1.29, 1.82) is 0 Å². The maximum Gasteiger partial charge on any atom is 0.0626 e. The maximum absolute atomic E-state index is 9.83. The highest BCUT2D eigenvalue weighted by Gasteiger charge is 2.46.